The first-order valence-corrected chi connectivity index (χ1v) is 6.67. The van der Waals surface area contributed by atoms with Crippen LogP contribution in [-0.4, -0.2) is 10.9 Å². The molecule has 1 atom stereocenters. The Morgan fingerprint density at radius 2 is 1.60 bits per heavy atom. The smallest absolute Gasteiger partial charge is 0.199 e. The van der Waals surface area contributed by atoms with Crippen LogP contribution in [0.3, 0.4) is 0 Å². The fourth-order valence-electron chi connectivity index (χ4n) is 2.17. The number of hydrogen-bond acceptors (Lipinski definition) is 2. The summed E-state index contributed by atoms with van der Waals surface area (Å²) in [4.78, 5) is 12.7. The van der Waals surface area contributed by atoms with Gasteiger partial charge >= 0.3 is 0 Å². The van der Waals surface area contributed by atoms with E-state index in [1.807, 2.05) is 43.3 Å². The summed E-state index contributed by atoms with van der Waals surface area (Å²) in [5.41, 5.74) is -0.384. The molecule has 2 aromatic rings. The van der Waals surface area contributed by atoms with Crippen molar-refractivity contribution in [2.24, 2.45) is 0 Å². The van der Waals surface area contributed by atoms with E-state index in [1.54, 1.807) is 36.4 Å². The summed E-state index contributed by atoms with van der Waals surface area (Å²) in [6, 6.07) is 18.0. The van der Waals surface area contributed by atoms with Crippen LogP contribution in [0.2, 0.25) is 0 Å². The van der Waals surface area contributed by atoms with E-state index in [-0.39, 0.29) is 12.2 Å². The molecular formula is C18H18O2. The van der Waals surface area contributed by atoms with Crippen molar-refractivity contribution in [1.29, 1.82) is 0 Å². The molecule has 0 spiro atoms. The van der Waals surface area contributed by atoms with Crippen molar-refractivity contribution in [3.63, 3.8) is 0 Å². The van der Waals surface area contributed by atoms with Gasteiger partial charge in [0.1, 0.15) is 0 Å². The zero-order valence-corrected chi connectivity index (χ0v) is 11.5. The average molecular weight is 266 g/mol. The highest BCUT2D eigenvalue weighted by atomic mass is 16.3. The van der Waals surface area contributed by atoms with Gasteiger partial charge < -0.3 is 5.11 Å². The third-order valence-corrected chi connectivity index (χ3v) is 3.31. The Morgan fingerprint density at radius 1 is 1.05 bits per heavy atom. The number of benzene rings is 2. The minimum absolute atomic E-state index is 0.265. The third kappa shape index (κ3) is 2.86. The molecule has 0 aliphatic heterocycles. The van der Waals surface area contributed by atoms with Gasteiger partial charge in [-0.3, -0.25) is 4.79 Å². The van der Waals surface area contributed by atoms with Gasteiger partial charge in [-0.05, 0) is 12.5 Å². The van der Waals surface area contributed by atoms with Crippen LogP contribution in [0.25, 0.3) is 0 Å². The topological polar surface area (TPSA) is 37.3 Å². The molecule has 1 N–H and O–H groups in total. The van der Waals surface area contributed by atoms with Gasteiger partial charge in [-0.1, -0.05) is 72.8 Å². The quantitative estimate of drug-likeness (QED) is 0.661. The fraction of sp³-hybridized carbons (Fsp3) is 0.167. The summed E-state index contributed by atoms with van der Waals surface area (Å²) in [5.74, 6) is -0.276. The van der Waals surface area contributed by atoms with Gasteiger partial charge in [-0.25, -0.2) is 0 Å². The lowest BCUT2D eigenvalue weighted by atomic mass is 9.83. The number of rotatable bonds is 5. The van der Waals surface area contributed by atoms with E-state index in [4.69, 9.17) is 0 Å². The number of hydrogen-bond donors (Lipinski definition) is 1. The van der Waals surface area contributed by atoms with E-state index in [9.17, 15) is 9.90 Å². The third-order valence-electron chi connectivity index (χ3n) is 3.31. The van der Waals surface area contributed by atoms with Crippen LogP contribution < -0.4 is 0 Å². The van der Waals surface area contributed by atoms with Crippen molar-refractivity contribution in [2.45, 2.75) is 18.9 Å². The van der Waals surface area contributed by atoms with E-state index in [0.717, 1.165) is 0 Å². The van der Waals surface area contributed by atoms with Gasteiger partial charge in [0.05, 0.1) is 0 Å². The van der Waals surface area contributed by atoms with Crippen LogP contribution in [0, 0.1) is 0 Å². The van der Waals surface area contributed by atoms with Crippen molar-refractivity contribution in [2.75, 3.05) is 0 Å². The van der Waals surface area contributed by atoms with Gasteiger partial charge in [-0.2, -0.15) is 0 Å². The second-order valence-electron chi connectivity index (χ2n) is 4.69. The molecule has 2 heteroatoms. The van der Waals surface area contributed by atoms with Crippen LogP contribution in [0.1, 0.15) is 29.3 Å². The molecule has 0 saturated carbocycles. The molecule has 0 fully saturated rings. The normalized spacial score (nSPS) is 14.1. The van der Waals surface area contributed by atoms with Crippen LogP contribution in [0.5, 0.6) is 0 Å². The second-order valence-corrected chi connectivity index (χ2v) is 4.69. The molecule has 102 valence electrons. The van der Waals surface area contributed by atoms with Gasteiger partial charge in [0.25, 0.3) is 0 Å². The highest BCUT2D eigenvalue weighted by molar-refractivity contribution is 6.02. The Balaban J connectivity index is 2.45. The number of ketones is 1. The number of allylic oxidation sites excluding steroid dienone is 1. The number of aliphatic hydroxyl groups is 1. The van der Waals surface area contributed by atoms with Crippen molar-refractivity contribution in [1.82, 2.24) is 0 Å². The van der Waals surface area contributed by atoms with Crippen molar-refractivity contribution in [3.05, 3.63) is 83.9 Å². The lowest BCUT2D eigenvalue weighted by Crippen LogP contribution is -2.35. The standard InChI is InChI=1S/C18H18O2/c1-2-3-14-18(20,16-12-8-5-9-13-16)17(19)15-10-6-4-7-11-15/h2-13,20H,14H2,1H3/b3-2-. The van der Waals surface area contributed by atoms with E-state index >= 15 is 0 Å². The largest absolute Gasteiger partial charge is 0.377 e. The molecule has 0 aliphatic rings. The lowest BCUT2D eigenvalue weighted by molar-refractivity contribution is 0.0312. The summed E-state index contributed by atoms with van der Waals surface area (Å²) in [7, 11) is 0. The van der Waals surface area contributed by atoms with E-state index < -0.39 is 5.60 Å². The highest BCUT2D eigenvalue weighted by Crippen LogP contribution is 2.29. The van der Waals surface area contributed by atoms with Crippen molar-refractivity contribution in [3.8, 4) is 0 Å². The number of carbonyl (C=O) groups excluding carboxylic acids is 1. The van der Waals surface area contributed by atoms with Gasteiger partial charge in [0.15, 0.2) is 11.4 Å². The summed E-state index contributed by atoms with van der Waals surface area (Å²) in [6.07, 6.45) is 3.92. The lowest BCUT2D eigenvalue weighted by Gasteiger charge is -2.26. The van der Waals surface area contributed by atoms with Crippen LogP contribution in [-0.2, 0) is 5.60 Å². The Hall–Kier alpha value is -2.19. The van der Waals surface area contributed by atoms with Crippen molar-refractivity contribution < 1.29 is 9.90 Å². The van der Waals surface area contributed by atoms with E-state index in [0.29, 0.717) is 11.1 Å². The molecule has 0 aromatic heterocycles. The summed E-state index contributed by atoms with van der Waals surface area (Å²) in [6.45, 7) is 1.87. The SMILES string of the molecule is C/C=C\CC(O)(C(=O)c1ccccc1)c1ccccc1. The molecule has 2 nitrogen and oxygen atoms in total. The number of carbonyl (C=O) groups is 1. The molecule has 0 radical (unpaired) electrons. The first-order chi connectivity index (χ1) is 9.68. The first-order valence-electron chi connectivity index (χ1n) is 6.67. The second kappa shape index (κ2) is 6.31. The fourth-order valence-corrected chi connectivity index (χ4v) is 2.17. The molecule has 1 unspecified atom stereocenters. The predicted octanol–water partition coefficient (Wildman–Crippen LogP) is 3.72. The van der Waals surface area contributed by atoms with Gasteiger partial charge in [-0.15, -0.1) is 0 Å². The minimum Gasteiger partial charge on any atom is -0.377 e. The van der Waals surface area contributed by atoms with Crippen LogP contribution in [0.4, 0.5) is 0 Å². The monoisotopic (exact) mass is 266 g/mol. The highest BCUT2D eigenvalue weighted by Gasteiger charge is 2.36. The van der Waals surface area contributed by atoms with Crippen LogP contribution >= 0.6 is 0 Å². The molecule has 0 heterocycles. The molecule has 2 rings (SSSR count). The Morgan fingerprint density at radius 3 is 2.15 bits per heavy atom. The Bertz CT molecular complexity index is 587. The van der Waals surface area contributed by atoms with Crippen LogP contribution in [0.15, 0.2) is 72.8 Å². The minimum atomic E-state index is -1.52. The predicted molar refractivity (Wildman–Crippen MR) is 80.5 cm³/mol. The first kappa shape index (κ1) is 14.2. The Kier molecular flexibility index (Phi) is 4.49. The zero-order valence-electron chi connectivity index (χ0n) is 11.5. The van der Waals surface area contributed by atoms with Gasteiger partial charge in [0, 0.05) is 12.0 Å². The molecule has 0 amide bonds. The maximum atomic E-state index is 12.7. The zero-order chi connectivity index (χ0) is 14.4. The molecule has 0 saturated heterocycles. The molecule has 0 aliphatic carbocycles. The van der Waals surface area contributed by atoms with Gasteiger partial charge in [0.2, 0.25) is 0 Å². The molecule has 2 aromatic carbocycles. The Labute approximate surface area is 119 Å². The van der Waals surface area contributed by atoms with E-state index in [2.05, 4.69) is 0 Å². The number of Topliss-reactive ketones (excluding diaryl/α,β-unsaturated/α-hetero) is 1. The molecule has 0 bridgehead atoms. The summed E-state index contributed by atoms with van der Waals surface area (Å²) in [5, 5.41) is 10.9. The maximum Gasteiger partial charge on any atom is 0.199 e. The average Bonchev–Trinajstić information content (AvgIpc) is 2.53. The molecular weight excluding hydrogens is 248 g/mol. The van der Waals surface area contributed by atoms with Crippen molar-refractivity contribution >= 4 is 5.78 Å². The van der Waals surface area contributed by atoms with E-state index in [1.165, 1.54) is 0 Å². The summed E-state index contributed by atoms with van der Waals surface area (Å²) < 4.78 is 0. The molecule has 20 heavy (non-hydrogen) atoms. The summed E-state index contributed by atoms with van der Waals surface area (Å²) >= 11 is 0. The maximum absolute atomic E-state index is 12.7.